The van der Waals surface area contributed by atoms with E-state index in [-0.39, 0.29) is 18.2 Å². The fraction of sp³-hybridized carbons (Fsp3) is 0.800. The predicted octanol–water partition coefficient (Wildman–Crippen LogP) is 0.822. The van der Waals surface area contributed by atoms with Crippen molar-refractivity contribution in [2.45, 2.75) is 45.8 Å². The van der Waals surface area contributed by atoms with Crippen LogP contribution in [0.4, 0.5) is 0 Å². The van der Waals surface area contributed by atoms with Crippen LogP contribution in [0.2, 0.25) is 0 Å². The summed E-state index contributed by atoms with van der Waals surface area (Å²) >= 11 is 0. The number of aliphatic hydroxyl groups is 1. The minimum atomic E-state index is -0.977. The van der Waals surface area contributed by atoms with E-state index in [0.29, 0.717) is 6.42 Å². The van der Waals surface area contributed by atoms with Gasteiger partial charge in [0, 0.05) is 12.8 Å². The maximum Gasteiger partial charge on any atom is 0.335 e. The third kappa shape index (κ3) is 2.92. The molecule has 5 heteroatoms. The summed E-state index contributed by atoms with van der Waals surface area (Å²) in [5, 5.41) is 10.1. The Hall–Kier alpha value is -1.10. The molecule has 2 atom stereocenters. The molecule has 1 aliphatic rings. The fourth-order valence-electron chi connectivity index (χ4n) is 1.50. The van der Waals surface area contributed by atoms with Crippen LogP contribution in [0.25, 0.3) is 0 Å². The molecule has 0 saturated carbocycles. The van der Waals surface area contributed by atoms with Crippen LogP contribution in [0.5, 0.6) is 0 Å². The number of hydroxylamine groups is 2. The van der Waals surface area contributed by atoms with Crippen LogP contribution in [0.15, 0.2) is 0 Å². The molecule has 0 aromatic heterocycles. The first-order valence-electron chi connectivity index (χ1n) is 5.28. The van der Waals surface area contributed by atoms with Gasteiger partial charge in [-0.15, -0.1) is 5.06 Å². The summed E-state index contributed by atoms with van der Waals surface area (Å²) in [7, 11) is 0. The fourth-order valence-corrected chi connectivity index (χ4v) is 1.50. The van der Waals surface area contributed by atoms with E-state index < -0.39 is 12.2 Å². The highest BCUT2D eigenvalue weighted by atomic mass is 16.7. The summed E-state index contributed by atoms with van der Waals surface area (Å²) in [6.45, 7) is 3.72. The summed E-state index contributed by atoms with van der Waals surface area (Å²) in [5.74, 6) is -1.03. The molecule has 1 N–H and O–H groups in total. The summed E-state index contributed by atoms with van der Waals surface area (Å²) in [5.41, 5.74) is 0. The largest absolute Gasteiger partial charge is 0.370 e. The molecule has 1 amide bonds. The van der Waals surface area contributed by atoms with Gasteiger partial charge in [-0.25, -0.2) is 4.79 Å². The summed E-state index contributed by atoms with van der Waals surface area (Å²) in [4.78, 5) is 27.5. The van der Waals surface area contributed by atoms with Crippen LogP contribution < -0.4 is 0 Å². The molecule has 1 heterocycles. The van der Waals surface area contributed by atoms with Crippen LogP contribution in [0, 0.1) is 5.92 Å². The standard InChI is InChI=1S/C10H17NO4/c1-3-4-7(2)10(14)15-11-8(12)5-6-9(11)13/h7-8,12H,3-6H2,1-2H3. The number of carbonyl (C=O) groups excluding carboxylic acids is 2. The van der Waals surface area contributed by atoms with Crippen molar-refractivity contribution >= 4 is 11.9 Å². The van der Waals surface area contributed by atoms with Crippen molar-refractivity contribution in [1.29, 1.82) is 0 Å². The predicted molar refractivity (Wildman–Crippen MR) is 52.3 cm³/mol. The molecule has 0 aliphatic carbocycles. The molecule has 1 rings (SSSR count). The lowest BCUT2D eigenvalue weighted by atomic mass is 10.1. The van der Waals surface area contributed by atoms with E-state index in [1.54, 1.807) is 6.92 Å². The molecular formula is C10H17NO4. The van der Waals surface area contributed by atoms with Crippen molar-refractivity contribution in [3.8, 4) is 0 Å². The number of amides is 1. The van der Waals surface area contributed by atoms with Crippen molar-refractivity contribution in [2.75, 3.05) is 0 Å². The Balaban J connectivity index is 2.46. The quantitative estimate of drug-likeness (QED) is 0.754. The zero-order chi connectivity index (χ0) is 11.4. The lowest BCUT2D eigenvalue weighted by molar-refractivity contribution is -0.223. The van der Waals surface area contributed by atoms with Gasteiger partial charge in [0.15, 0.2) is 6.23 Å². The van der Waals surface area contributed by atoms with Gasteiger partial charge >= 0.3 is 5.97 Å². The summed E-state index contributed by atoms with van der Waals surface area (Å²) < 4.78 is 0. The van der Waals surface area contributed by atoms with Crippen molar-refractivity contribution in [2.24, 2.45) is 5.92 Å². The third-order valence-corrected chi connectivity index (χ3v) is 2.45. The Labute approximate surface area is 89.0 Å². The second-order valence-corrected chi connectivity index (χ2v) is 3.84. The van der Waals surface area contributed by atoms with E-state index in [0.717, 1.165) is 17.9 Å². The molecule has 0 spiro atoms. The van der Waals surface area contributed by atoms with E-state index in [9.17, 15) is 14.7 Å². The number of nitrogens with zero attached hydrogens (tertiary/aromatic N) is 1. The van der Waals surface area contributed by atoms with Crippen LogP contribution in [-0.2, 0) is 14.4 Å². The van der Waals surface area contributed by atoms with Crippen molar-refractivity contribution in [1.82, 2.24) is 5.06 Å². The zero-order valence-corrected chi connectivity index (χ0v) is 9.10. The van der Waals surface area contributed by atoms with Gasteiger partial charge in [0.1, 0.15) is 0 Å². The van der Waals surface area contributed by atoms with Gasteiger partial charge in [-0.1, -0.05) is 20.3 Å². The molecule has 1 aliphatic heterocycles. The van der Waals surface area contributed by atoms with E-state index in [1.807, 2.05) is 6.92 Å². The smallest absolute Gasteiger partial charge is 0.335 e. The van der Waals surface area contributed by atoms with Gasteiger partial charge in [-0.2, -0.15) is 0 Å². The number of carbonyl (C=O) groups is 2. The van der Waals surface area contributed by atoms with Crippen molar-refractivity contribution < 1.29 is 19.5 Å². The molecule has 2 unspecified atom stereocenters. The molecule has 0 aromatic carbocycles. The Morgan fingerprint density at radius 2 is 2.40 bits per heavy atom. The zero-order valence-electron chi connectivity index (χ0n) is 9.10. The molecule has 0 radical (unpaired) electrons. The van der Waals surface area contributed by atoms with E-state index in [4.69, 9.17) is 4.84 Å². The molecule has 5 nitrogen and oxygen atoms in total. The number of hydrogen-bond acceptors (Lipinski definition) is 4. The molecule has 15 heavy (non-hydrogen) atoms. The van der Waals surface area contributed by atoms with E-state index in [1.165, 1.54) is 0 Å². The molecule has 1 fully saturated rings. The molecule has 1 saturated heterocycles. The minimum Gasteiger partial charge on any atom is -0.370 e. The normalized spacial score (nSPS) is 23.0. The summed E-state index contributed by atoms with van der Waals surface area (Å²) in [6, 6.07) is 0. The Morgan fingerprint density at radius 3 is 2.87 bits per heavy atom. The molecule has 86 valence electrons. The molecular weight excluding hydrogens is 198 g/mol. The van der Waals surface area contributed by atoms with Gasteiger partial charge in [-0.05, 0) is 6.42 Å². The third-order valence-electron chi connectivity index (χ3n) is 2.45. The summed E-state index contributed by atoms with van der Waals surface area (Å²) in [6.07, 6.45) is 1.18. The molecule has 0 bridgehead atoms. The minimum absolute atomic E-state index is 0.233. The highest BCUT2D eigenvalue weighted by Gasteiger charge is 2.33. The first-order valence-corrected chi connectivity index (χ1v) is 5.28. The van der Waals surface area contributed by atoms with Gasteiger partial charge in [0.25, 0.3) is 5.91 Å². The van der Waals surface area contributed by atoms with E-state index >= 15 is 0 Å². The maximum absolute atomic E-state index is 11.5. The van der Waals surface area contributed by atoms with Gasteiger partial charge in [0.05, 0.1) is 5.92 Å². The van der Waals surface area contributed by atoms with Crippen molar-refractivity contribution in [3.63, 3.8) is 0 Å². The van der Waals surface area contributed by atoms with Crippen LogP contribution in [-0.4, -0.2) is 28.3 Å². The molecule has 0 aromatic rings. The second kappa shape index (κ2) is 5.11. The van der Waals surface area contributed by atoms with E-state index in [2.05, 4.69) is 0 Å². The van der Waals surface area contributed by atoms with Crippen LogP contribution in [0.1, 0.15) is 39.5 Å². The average molecular weight is 215 g/mol. The lowest BCUT2D eigenvalue weighted by Crippen LogP contribution is -2.36. The first kappa shape index (κ1) is 12.0. The lowest BCUT2D eigenvalue weighted by Gasteiger charge is -2.20. The SMILES string of the molecule is CCCC(C)C(=O)ON1C(=O)CCC1O. The number of hydrogen-bond donors (Lipinski definition) is 1. The van der Waals surface area contributed by atoms with Crippen LogP contribution in [0.3, 0.4) is 0 Å². The van der Waals surface area contributed by atoms with Gasteiger partial charge in [0.2, 0.25) is 0 Å². The Morgan fingerprint density at radius 1 is 1.73 bits per heavy atom. The number of rotatable bonds is 4. The Kier molecular flexibility index (Phi) is 4.08. The van der Waals surface area contributed by atoms with Crippen molar-refractivity contribution in [3.05, 3.63) is 0 Å². The van der Waals surface area contributed by atoms with Gasteiger partial charge in [-0.3, -0.25) is 4.79 Å². The van der Waals surface area contributed by atoms with Gasteiger partial charge < -0.3 is 9.94 Å². The monoisotopic (exact) mass is 215 g/mol. The first-order chi connectivity index (χ1) is 7.06. The highest BCUT2D eigenvalue weighted by Crippen LogP contribution is 2.18. The Bertz CT molecular complexity index is 254. The topological polar surface area (TPSA) is 66.8 Å². The highest BCUT2D eigenvalue weighted by molar-refractivity contribution is 5.80. The average Bonchev–Trinajstić information content (AvgIpc) is 2.49. The maximum atomic E-state index is 11.5. The van der Waals surface area contributed by atoms with Crippen LogP contribution >= 0.6 is 0 Å². The second-order valence-electron chi connectivity index (χ2n) is 3.84. The number of aliphatic hydroxyl groups excluding tert-OH is 1.